The number of hydrogen-bond acceptors (Lipinski definition) is 3. The normalized spacial score (nSPS) is 14.2. The van der Waals surface area contributed by atoms with Gasteiger partial charge in [-0.25, -0.2) is 0 Å². The number of methoxy groups -OCH3 is 1. The lowest BCUT2D eigenvalue weighted by molar-refractivity contribution is 0.00328. The van der Waals surface area contributed by atoms with E-state index in [1.54, 1.807) is 7.11 Å². The van der Waals surface area contributed by atoms with Gasteiger partial charge in [-0.3, -0.25) is 0 Å². The van der Waals surface area contributed by atoms with Crippen LogP contribution in [0, 0.1) is 0 Å². The Morgan fingerprint density at radius 2 is 1.66 bits per heavy atom. The van der Waals surface area contributed by atoms with Crippen molar-refractivity contribution in [3.05, 3.63) is 110 Å². The Kier molecular flexibility index (Phi) is 8.24. The average molecular weight is 618 g/mol. The Morgan fingerprint density at radius 3 is 2.31 bits per heavy atom. The molecular formula is C29H28Br2ClNO2. The third-order valence-corrected chi connectivity index (χ3v) is 7.86. The topological polar surface area (TPSA) is 32.7 Å². The Morgan fingerprint density at radius 1 is 0.943 bits per heavy atom. The smallest absolute Gasteiger partial charge is 0.123 e. The molecule has 0 unspecified atom stereocenters. The molecule has 0 aromatic heterocycles. The molecule has 4 aromatic rings. The van der Waals surface area contributed by atoms with Crippen LogP contribution in [0.2, 0.25) is 5.02 Å². The van der Waals surface area contributed by atoms with Gasteiger partial charge in [0.2, 0.25) is 0 Å². The quantitative estimate of drug-likeness (QED) is 0.218. The molecule has 0 spiro atoms. The lowest BCUT2D eigenvalue weighted by atomic mass is 9.71. The van der Waals surface area contributed by atoms with E-state index in [1.807, 2.05) is 74.8 Å². The number of ether oxygens (including phenoxy) is 1. The summed E-state index contributed by atoms with van der Waals surface area (Å²) in [6, 6.07) is 26.0. The van der Waals surface area contributed by atoms with Gasteiger partial charge in [0.15, 0.2) is 0 Å². The van der Waals surface area contributed by atoms with Crippen molar-refractivity contribution < 1.29 is 9.84 Å². The molecule has 3 nitrogen and oxygen atoms in total. The van der Waals surface area contributed by atoms with Gasteiger partial charge in [0.25, 0.3) is 0 Å². The number of nitrogens with zero attached hydrogens (tertiary/aromatic N) is 1. The van der Waals surface area contributed by atoms with Crippen molar-refractivity contribution in [1.29, 1.82) is 0 Å². The molecule has 0 bridgehead atoms. The van der Waals surface area contributed by atoms with Gasteiger partial charge in [0.1, 0.15) is 11.4 Å². The third kappa shape index (κ3) is 5.60. The summed E-state index contributed by atoms with van der Waals surface area (Å²) in [7, 11) is 5.72. The number of aliphatic hydroxyl groups is 1. The molecule has 0 aliphatic carbocycles. The average Bonchev–Trinajstić information content (AvgIpc) is 2.84. The number of hydrogen-bond donors (Lipinski definition) is 1. The summed E-state index contributed by atoms with van der Waals surface area (Å²) in [6.45, 7) is 0.698. The third-order valence-electron chi connectivity index (χ3n) is 6.42. The van der Waals surface area contributed by atoms with Gasteiger partial charge in [0, 0.05) is 32.0 Å². The minimum atomic E-state index is -1.24. The van der Waals surface area contributed by atoms with Crippen molar-refractivity contribution in [3.63, 3.8) is 0 Å². The van der Waals surface area contributed by atoms with Crippen LogP contribution in [0.3, 0.4) is 0 Å². The summed E-state index contributed by atoms with van der Waals surface area (Å²) in [5.74, 6) is 0.312. The molecule has 0 saturated carbocycles. The van der Waals surface area contributed by atoms with E-state index in [-0.39, 0.29) is 0 Å². The minimum Gasteiger partial charge on any atom is -0.496 e. The van der Waals surface area contributed by atoms with Crippen molar-refractivity contribution in [2.24, 2.45) is 0 Å². The van der Waals surface area contributed by atoms with Crippen LogP contribution in [0.15, 0.2) is 87.8 Å². The maximum absolute atomic E-state index is 12.7. The van der Waals surface area contributed by atoms with E-state index in [0.717, 1.165) is 42.2 Å². The van der Waals surface area contributed by atoms with Crippen molar-refractivity contribution in [3.8, 4) is 5.75 Å². The molecule has 1 N–H and O–H groups in total. The second-order valence-electron chi connectivity index (χ2n) is 9.03. The van der Waals surface area contributed by atoms with Crippen LogP contribution in [0.4, 0.5) is 0 Å². The zero-order valence-corrected chi connectivity index (χ0v) is 23.9. The molecule has 35 heavy (non-hydrogen) atoms. The second-order valence-corrected chi connectivity index (χ2v) is 11.2. The fourth-order valence-corrected chi connectivity index (χ4v) is 5.81. The van der Waals surface area contributed by atoms with E-state index in [2.05, 4.69) is 55.0 Å². The maximum Gasteiger partial charge on any atom is 0.123 e. The number of rotatable bonds is 8. The van der Waals surface area contributed by atoms with Crippen LogP contribution in [-0.4, -0.2) is 37.8 Å². The molecule has 4 rings (SSSR count). The van der Waals surface area contributed by atoms with Crippen molar-refractivity contribution >= 4 is 54.2 Å². The Bertz CT molecular complexity index is 1330. The van der Waals surface area contributed by atoms with Gasteiger partial charge in [-0.15, -0.1) is 0 Å². The van der Waals surface area contributed by atoms with Crippen LogP contribution >= 0.6 is 43.5 Å². The highest BCUT2D eigenvalue weighted by Crippen LogP contribution is 2.49. The minimum absolute atomic E-state index is 0.420. The van der Waals surface area contributed by atoms with Crippen LogP contribution in [0.1, 0.15) is 29.0 Å². The highest BCUT2D eigenvalue weighted by Gasteiger charge is 2.43. The fourth-order valence-electron chi connectivity index (χ4n) is 4.68. The van der Waals surface area contributed by atoms with E-state index in [0.29, 0.717) is 18.0 Å². The molecule has 0 aliphatic heterocycles. The molecule has 4 aromatic carbocycles. The van der Waals surface area contributed by atoms with Crippen LogP contribution < -0.4 is 4.74 Å². The SMILES string of the molecule is COc1cc2ccc(Br)cc2cc1[C@@H](c1ccc(Cl)cc1)[C@](O)(CCN(C)C)c1ccccc1Br. The molecule has 0 saturated heterocycles. The van der Waals surface area contributed by atoms with Gasteiger partial charge in [-0.2, -0.15) is 0 Å². The highest BCUT2D eigenvalue weighted by atomic mass is 79.9. The first kappa shape index (κ1) is 26.2. The summed E-state index contributed by atoms with van der Waals surface area (Å²) in [4.78, 5) is 2.09. The first-order valence-corrected chi connectivity index (χ1v) is 13.3. The summed E-state index contributed by atoms with van der Waals surface area (Å²) in [5, 5.41) is 15.5. The molecule has 0 aliphatic rings. The zero-order valence-electron chi connectivity index (χ0n) is 19.9. The van der Waals surface area contributed by atoms with Gasteiger partial charge in [0.05, 0.1) is 7.11 Å². The number of benzene rings is 4. The van der Waals surface area contributed by atoms with Gasteiger partial charge in [-0.05, 0) is 84.9 Å². The lowest BCUT2D eigenvalue weighted by Crippen LogP contribution is -2.38. The molecule has 0 heterocycles. The zero-order chi connectivity index (χ0) is 25.2. The van der Waals surface area contributed by atoms with E-state index >= 15 is 0 Å². The van der Waals surface area contributed by atoms with Crippen molar-refractivity contribution in [1.82, 2.24) is 4.90 Å². The Balaban J connectivity index is 2.04. The summed E-state index contributed by atoms with van der Waals surface area (Å²) in [6.07, 6.45) is 0.510. The second kappa shape index (κ2) is 11.0. The van der Waals surface area contributed by atoms with Crippen LogP contribution in [-0.2, 0) is 5.60 Å². The number of fused-ring (bicyclic) bond motifs is 1. The van der Waals surface area contributed by atoms with Crippen LogP contribution in [0.25, 0.3) is 10.8 Å². The van der Waals surface area contributed by atoms with E-state index in [1.165, 1.54) is 0 Å². The molecule has 0 amide bonds. The fraction of sp³-hybridized carbons (Fsp3) is 0.241. The van der Waals surface area contributed by atoms with Crippen molar-refractivity contribution in [2.75, 3.05) is 27.7 Å². The predicted octanol–water partition coefficient (Wildman–Crippen LogP) is 8.00. The Hall–Kier alpha value is -1.89. The standard InChI is InChI=1S/C29H28Br2ClNO2/c1-33(2)15-14-29(34,25-6-4-5-7-26(25)31)28(19-9-12-23(32)13-10-19)24-17-21-16-22(30)11-8-20(21)18-27(24)35-3/h4-13,16-18,28,34H,14-15H2,1-3H3/t28-,29+/m1/s1. The Labute approximate surface area is 228 Å². The highest BCUT2D eigenvalue weighted by molar-refractivity contribution is 9.10. The molecular weight excluding hydrogens is 590 g/mol. The van der Waals surface area contributed by atoms with Crippen LogP contribution in [0.5, 0.6) is 5.75 Å². The van der Waals surface area contributed by atoms with Gasteiger partial charge >= 0.3 is 0 Å². The largest absolute Gasteiger partial charge is 0.496 e. The van der Waals surface area contributed by atoms with Gasteiger partial charge in [-0.1, -0.05) is 79.9 Å². The van der Waals surface area contributed by atoms with Gasteiger partial charge < -0.3 is 14.7 Å². The predicted molar refractivity (Wildman–Crippen MR) is 153 cm³/mol. The molecule has 6 heteroatoms. The summed E-state index contributed by atoms with van der Waals surface area (Å²) < 4.78 is 7.79. The summed E-state index contributed by atoms with van der Waals surface area (Å²) >= 11 is 13.6. The monoisotopic (exact) mass is 615 g/mol. The molecule has 182 valence electrons. The lowest BCUT2D eigenvalue weighted by Gasteiger charge is -2.39. The molecule has 2 atom stereocenters. The first-order chi connectivity index (χ1) is 16.7. The maximum atomic E-state index is 12.7. The molecule has 0 fully saturated rings. The summed E-state index contributed by atoms with van der Waals surface area (Å²) in [5.41, 5.74) is 1.46. The van der Waals surface area contributed by atoms with E-state index < -0.39 is 11.5 Å². The van der Waals surface area contributed by atoms with E-state index in [9.17, 15) is 5.11 Å². The van der Waals surface area contributed by atoms with E-state index in [4.69, 9.17) is 16.3 Å². The number of halogens is 3. The first-order valence-electron chi connectivity index (χ1n) is 11.4. The molecule has 0 radical (unpaired) electrons. The van der Waals surface area contributed by atoms with Crippen molar-refractivity contribution in [2.45, 2.75) is 17.9 Å².